The minimum absolute atomic E-state index is 0. The molecule has 1 N–H and O–H groups in total. The van der Waals surface area contributed by atoms with E-state index in [9.17, 15) is 0 Å². The summed E-state index contributed by atoms with van der Waals surface area (Å²) in [6, 6.07) is 9.01. The largest absolute Gasteiger partial charge is 0.357 e. The Hall–Kier alpha value is -1.20. The van der Waals surface area contributed by atoms with Crippen LogP contribution in [0, 0.1) is 6.92 Å². The van der Waals surface area contributed by atoms with Crippen LogP contribution in [-0.2, 0) is 6.54 Å². The fraction of sp³-hybridized carbons (Fsp3) is 0.526. The number of nitrogens with one attached hydrogen (secondary N) is 1. The lowest BCUT2D eigenvalue weighted by molar-refractivity contribution is 0.138. The van der Waals surface area contributed by atoms with Crippen LogP contribution in [0.25, 0.3) is 0 Å². The Labute approximate surface area is 192 Å². The van der Waals surface area contributed by atoms with Crippen LogP contribution in [0.15, 0.2) is 38.3 Å². The molecule has 2 heterocycles. The zero-order chi connectivity index (χ0) is 19.2. The zero-order valence-electron chi connectivity index (χ0n) is 16.6. The highest BCUT2D eigenvalue weighted by Crippen LogP contribution is 2.23. The summed E-state index contributed by atoms with van der Waals surface area (Å²) < 4.78 is 6.28. The van der Waals surface area contributed by atoms with E-state index >= 15 is 0 Å². The second kappa shape index (κ2) is 11.1. The summed E-state index contributed by atoms with van der Waals surface area (Å²) in [7, 11) is 0. The van der Waals surface area contributed by atoms with Gasteiger partial charge in [0.05, 0.1) is 0 Å². The number of rotatable bonds is 5. The van der Waals surface area contributed by atoms with Crippen molar-refractivity contribution in [2.45, 2.75) is 33.4 Å². The van der Waals surface area contributed by atoms with Crippen molar-refractivity contribution < 1.29 is 4.52 Å². The average Bonchev–Trinajstić information content (AvgIpc) is 3.10. The van der Waals surface area contributed by atoms with Crippen LogP contribution in [0.3, 0.4) is 0 Å². The third-order valence-corrected chi connectivity index (χ3v) is 5.31. The predicted molar refractivity (Wildman–Crippen MR) is 125 cm³/mol. The standard InChI is InChI=1S/C19H27BrN6O.HI/c1-4-21-19(22-13-18-23-15(3)24-27-18)26-11-9-25(10-12-26)14(2)16-5-7-17(20)8-6-16;/h5-8,14H,4,9-13H2,1-3H3,(H,21,22);1H. The lowest BCUT2D eigenvalue weighted by Gasteiger charge is -2.39. The summed E-state index contributed by atoms with van der Waals surface area (Å²) in [5.74, 6) is 2.09. The minimum Gasteiger partial charge on any atom is -0.357 e. The number of halogens is 2. The number of aromatic nitrogens is 2. The van der Waals surface area contributed by atoms with Gasteiger partial charge < -0.3 is 14.7 Å². The van der Waals surface area contributed by atoms with Gasteiger partial charge >= 0.3 is 0 Å². The van der Waals surface area contributed by atoms with E-state index in [1.165, 1.54) is 5.56 Å². The molecule has 1 aromatic heterocycles. The Bertz CT molecular complexity index is 758. The van der Waals surface area contributed by atoms with Crippen LogP contribution < -0.4 is 5.32 Å². The molecule has 0 bridgehead atoms. The van der Waals surface area contributed by atoms with Gasteiger partial charge in [-0.3, -0.25) is 4.90 Å². The van der Waals surface area contributed by atoms with Crippen molar-refractivity contribution in [1.29, 1.82) is 0 Å². The number of hydrogen-bond donors (Lipinski definition) is 1. The van der Waals surface area contributed by atoms with Crippen molar-refractivity contribution in [2.75, 3.05) is 32.7 Å². The lowest BCUT2D eigenvalue weighted by atomic mass is 10.1. The van der Waals surface area contributed by atoms with Gasteiger partial charge in [-0.15, -0.1) is 24.0 Å². The van der Waals surface area contributed by atoms with Crippen molar-refractivity contribution in [3.63, 3.8) is 0 Å². The van der Waals surface area contributed by atoms with Crippen molar-refractivity contribution in [3.8, 4) is 0 Å². The van der Waals surface area contributed by atoms with Crippen LogP contribution in [0.2, 0.25) is 0 Å². The first-order valence-corrected chi connectivity index (χ1v) is 10.2. The molecule has 28 heavy (non-hydrogen) atoms. The Morgan fingerprint density at radius 3 is 2.50 bits per heavy atom. The molecule has 1 atom stereocenters. The van der Waals surface area contributed by atoms with Gasteiger partial charge in [0, 0.05) is 43.2 Å². The van der Waals surface area contributed by atoms with Gasteiger partial charge in [-0.1, -0.05) is 33.2 Å². The summed E-state index contributed by atoms with van der Waals surface area (Å²) in [5.41, 5.74) is 1.35. The second-order valence-electron chi connectivity index (χ2n) is 6.66. The fourth-order valence-electron chi connectivity index (χ4n) is 3.25. The Morgan fingerprint density at radius 2 is 1.93 bits per heavy atom. The monoisotopic (exact) mass is 562 g/mol. The Balaban J connectivity index is 0.00000280. The van der Waals surface area contributed by atoms with Gasteiger partial charge in [0.25, 0.3) is 0 Å². The molecule has 7 nitrogen and oxygen atoms in total. The van der Waals surface area contributed by atoms with Gasteiger partial charge in [0.15, 0.2) is 11.8 Å². The number of guanidine groups is 1. The fourth-order valence-corrected chi connectivity index (χ4v) is 3.51. The van der Waals surface area contributed by atoms with Gasteiger partial charge in [0.1, 0.15) is 6.54 Å². The van der Waals surface area contributed by atoms with Gasteiger partial charge in [-0.25, -0.2) is 4.99 Å². The number of piperazine rings is 1. The van der Waals surface area contributed by atoms with E-state index < -0.39 is 0 Å². The van der Waals surface area contributed by atoms with Crippen molar-refractivity contribution in [2.24, 2.45) is 4.99 Å². The molecule has 1 saturated heterocycles. The number of benzene rings is 1. The first kappa shape index (κ1) is 23.1. The number of nitrogens with zero attached hydrogens (tertiary/aromatic N) is 5. The zero-order valence-corrected chi connectivity index (χ0v) is 20.5. The van der Waals surface area contributed by atoms with Crippen molar-refractivity contribution in [1.82, 2.24) is 25.3 Å². The molecule has 0 saturated carbocycles. The van der Waals surface area contributed by atoms with Gasteiger partial charge in [-0.2, -0.15) is 4.98 Å². The Morgan fingerprint density at radius 1 is 1.25 bits per heavy atom. The molecular weight excluding hydrogens is 535 g/mol. The first-order chi connectivity index (χ1) is 13.1. The summed E-state index contributed by atoms with van der Waals surface area (Å²) in [6.07, 6.45) is 0. The molecule has 9 heteroatoms. The van der Waals surface area contributed by atoms with E-state index in [1.807, 2.05) is 6.92 Å². The SMILES string of the molecule is CCNC(=NCc1nc(C)no1)N1CCN(C(C)c2ccc(Br)cc2)CC1.I. The molecule has 154 valence electrons. The quantitative estimate of drug-likeness (QED) is 0.341. The molecular formula is C19H28BrIN6O. The predicted octanol–water partition coefficient (Wildman–Crippen LogP) is 3.60. The van der Waals surface area contributed by atoms with Crippen LogP contribution in [-0.4, -0.2) is 58.6 Å². The minimum atomic E-state index is 0. The second-order valence-corrected chi connectivity index (χ2v) is 7.57. The molecule has 1 aliphatic rings. The maximum absolute atomic E-state index is 5.16. The van der Waals surface area contributed by atoms with Crippen LogP contribution in [0.5, 0.6) is 0 Å². The molecule has 1 aromatic carbocycles. The van der Waals surface area contributed by atoms with Crippen molar-refractivity contribution in [3.05, 3.63) is 46.0 Å². The topological polar surface area (TPSA) is 69.8 Å². The van der Waals surface area contributed by atoms with Crippen LogP contribution in [0.1, 0.15) is 37.2 Å². The van der Waals surface area contributed by atoms with E-state index in [0.29, 0.717) is 24.3 Å². The highest BCUT2D eigenvalue weighted by Gasteiger charge is 2.23. The average molecular weight is 563 g/mol. The summed E-state index contributed by atoms with van der Waals surface area (Å²) in [5, 5.41) is 7.19. The van der Waals surface area contributed by atoms with Crippen LogP contribution >= 0.6 is 39.9 Å². The summed E-state index contributed by atoms with van der Waals surface area (Å²) in [6.45, 7) is 11.3. The summed E-state index contributed by atoms with van der Waals surface area (Å²) in [4.78, 5) is 13.7. The van der Waals surface area contributed by atoms with E-state index in [4.69, 9.17) is 4.52 Å². The Kier molecular flexibility index (Phi) is 9.16. The third-order valence-electron chi connectivity index (χ3n) is 4.78. The highest BCUT2D eigenvalue weighted by molar-refractivity contribution is 14.0. The smallest absolute Gasteiger partial charge is 0.248 e. The highest BCUT2D eigenvalue weighted by atomic mass is 127. The summed E-state index contributed by atoms with van der Waals surface area (Å²) >= 11 is 3.51. The first-order valence-electron chi connectivity index (χ1n) is 9.38. The van der Waals surface area contributed by atoms with Gasteiger partial charge in [0.2, 0.25) is 5.89 Å². The number of hydrogen-bond acceptors (Lipinski definition) is 5. The molecule has 0 aliphatic carbocycles. The molecule has 1 fully saturated rings. The maximum atomic E-state index is 5.16. The molecule has 0 amide bonds. The molecule has 2 aromatic rings. The van der Waals surface area contributed by atoms with E-state index in [2.05, 4.69) is 84.3 Å². The molecule has 3 rings (SSSR count). The molecule has 0 radical (unpaired) electrons. The third kappa shape index (κ3) is 6.15. The number of aryl methyl sites for hydroxylation is 1. The lowest BCUT2D eigenvalue weighted by Crippen LogP contribution is -2.52. The van der Waals surface area contributed by atoms with Crippen molar-refractivity contribution >= 4 is 45.9 Å². The van der Waals surface area contributed by atoms with E-state index in [-0.39, 0.29) is 24.0 Å². The maximum Gasteiger partial charge on any atom is 0.248 e. The van der Waals surface area contributed by atoms with Crippen LogP contribution in [0.4, 0.5) is 0 Å². The molecule has 1 aliphatic heterocycles. The normalized spacial score (nSPS) is 16.6. The number of aliphatic imine (C=N–C) groups is 1. The molecule has 1 unspecified atom stereocenters. The van der Waals surface area contributed by atoms with E-state index in [0.717, 1.165) is 43.2 Å². The van der Waals surface area contributed by atoms with Gasteiger partial charge in [-0.05, 0) is 38.5 Å². The van der Waals surface area contributed by atoms with E-state index in [1.54, 1.807) is 0 Å². The molecule has 0 spiro atoms.